The van der Waals surface area contributed by atoms with E-state index in [1.165, 1.54) is 31.6 Å². The molecule has 20 heavy (non-hydrogen) atoms. The molecule has 0 atom stereocenters. The summed E-state index contributed by atoms with van der Waals surface area (Å²) in [7, 11) is 0. The highest BCUT2D eigenvalue weighted by Gasteiger charge is 2.23. The van der Waals surface area contributed by atoms with Crippen LogP contribution in [0.4, 0.5) is 0 Å². The number of aromatic nitrogens is 3. The van der Waals surface area contributed by atoms with Crippen molar-refractivity contribution in [1.29, 1.82) is 0 Å². The van der Waals surface area contributed by atoms with Crippen LogP contribution in [0.15, 0.2) is 36.8 Å². The first-order chi connectivity index (χ1) is 9.74. The Morgan fingerprint density at radius 1 is 1.20 bits per heavy atom. The van der Waals surface area contributed by atoms with Gasteiger partial charge in [0.05, 0.1) is 17.6 Å². The second kappa shape index (κ2) is 5.75. The Hall–Kier alpha value is -1.68. The fourth-order valence-corrected chi connectivity index (χ4v) is 2.90. The predicted molar refractivity (Wildman–Crippen MR) is 80.0 cm³/mol. The van der Waals surface area contributed by atoms with Gasteiger partial charge in [-0.05, 0) is 58.0 Å². The first kappa shape index (κ1) is 13.3. The molecule has 3 rings (SSSR count). The van der Waals surface area contributed by atoms with Crippen LogP contribution in [0.25, 0.3) is 5.69 Å². The zero-order chi connectivity index (χ0) is 13.9. The number of hydrogen-bond donors (Lipinski definition) is 0. The number of rotatable bonds is 3. The van der Waals surface area contributed by atoms with Gasteiger partial charge in [-0.15, -0.1) is 0 Å². The Bertz CT molecular complexity index is 539. The van der Waals surface area contributed by atoms with Gasteiger partial charge in [-0.2, -0.15) is 5.10 Å². The quantitative estimate of drug-likeness (QED) is 0.860. The highest BCUT2D eigenvalue weighted by molar-refractivity contribution is 5.27. The monoisotopic (exact) mass is 270 g/mol. The van der Waals surface area contributed by atoms with Gasteiger partial charge < -0.3 is 4.90 Å². The van der Waals surface area contributed by atoms with Crippen LogP contribution in [0.3, 0.4) is 0 Å². The molecule has 0 saturated carbocycles. The highest BCUT2D eigenvalue weighted by atomic mass is 15.3. The number of likely N-dealkylation sites (tertiary alicyclic amines) is 1. The van der Waals surface area contributed by atoms with Gasteiger partial charge in [0.25, 0.3) is 0 Å². The van der Waals surface area contributed by atoms with Crippen LogP contribution in [0.2, 0.25) is 0 Å². The van der Waals surface area contributed by atoms with E-state index in [1.807, 2.05) is 29.2 Å². The molecule has 1 aliphatic heterocycles. The van der Waals surface area contributed by atoms with Gasteiger partial charge in [-0.1, -0.05) is 0 Å². The lowest BCUT2D eigenvalue weighted by atomic mass is 9.93. The molecule has 106 valence electrons. The molecule has 0 radical (unpaired) electrons. The average molecular weight is 270 g/mol. The first-order valence-corrected chi connectivity index (χ1v) is 7.44. The second-order valence-electron chi connectivity index (χ2n) is 5.80. The summed E-state index contributed by atoms with van der Waals surface area (Å²) < 4.78 is 1.93. The number of nitrogens with zero attached hydrogens (tertiary/aromatic N) is 4. The summed E-state index contributed by atoms with van der Waals surface area (Å²) in [5.74, 6) is 0.600. The molecule has 0 N–H and O–H groups in total. The van der Waals surface area contributed by atoms with Crippen LogP contribution in [0.5, 0.6) is 0 Å². The summed E-state index contributed by atoms with van der Waals surface area (Å²) in [5, 5.41) is 4.73. The van der Waals surface area contributed by atoms with E-state index in [-0.39, 0.29) is 0 Å². The minimum Gasteiger partial charge on any atom is -0.301 e. The van der Waals surface area contributed by atoms with Crippen LogP contribution in [-0.2, 0) is 0 Å². The van der Waals surface area contributed by atoms with Crippen molar-refractivity contribution < 1.29 is 0 Å². The van der Waals surface area contributed by atoms with E-state index < -0.39 is 0 Å². The summed E-state index contributed by atoms with van der Waals surface area (Å²) in [6.45, 7) is 6.92. The van der Waals surface area contributed by atoms with Gasteiger partial charge in [0.1, 0.15) is 0 Å². The Labute approximate surface area is 120 Å². The minimum atomic E-state index is 0.600. The van der Waals surface area contributed by atoms with Crippen LogP contribution >= 0.6 is 0 Å². The summed E-state index contributed by atoms with van der Waals surface area (Å²) in [6.07, 6.45) is 8.10. The van der Waals surface area contributed by atoms with E-state index in [0.717, 1.165) is 5.69 Å². The molecule has 0 bridgehead atoms. The average Bonchev–Trinajstić information content (AvgIpc) is 2.98. The number of piperidine rings is 1. The Kier molecular flexibility index (Phi) is 3.83. The minimum absolute atomic E-state index is 0.600. The van der Waals surface area contributed by atoms with Crippen molar-refractivity contribution in [3.8, 4) is 5.69 Å². The Morgan fingerprint density at radius 2 is 2.00 bits per heavy atom. The molecule has 1 saturated heterocycles. The fourth-order valence-electron chi connectivity index (χ4n) is 2.90. The molecule has 4 heteroatoms. The molecule has 0 aliphatic carbocycles. The molecule has 2 aromatic rings. The van der Waals surface area contributed by atoms with E-state index in [1.54, 1.807) is 6.20 Å². The summed E-state index contributed by atoms with van der Waals surface area (Å²) >= 11 is 0. The zero-order valence-corrected chi connectivity index (χ0v) is 12.2. The molecular weight excluding hydrogens is 248 g/mol. The largest absolute Gasteiger partial charge is 0.301 e. The van der Waals surface area contributed by atoms with Gasteiger partial charge in [0.15, 0.2) is 0 Å². The van der Waals surface area contributed by atoms with Crippen LogP contribution in [-0.4, -0.2) is 38.8 Å². The Balaban J connectivity index is 1.69. The van der Waals surface area contributed by atoms with E-state index in [9.17, 15) is 0 Å². The van der Waals surface area contributed by atoms with Crippen molar-refractivity contribution in [2.75, 3.05) is 13.1 Å². The van der Waals surface area contributed by atoms with Crippen molar-refractivity contribution in [2.45, 2.75) is 38.6 Å². The zero-order valence-electron chi connectivity index (χ0n) is 12.2. The molecule has 0 spiro atoms. The number of hydrogen-bond acceptors (Lipinski definition) is 3. The molecule has 3 heterocycles. The van der Waals surface area contributed by atoms with Gasteiger partial charge in [-0.25, -0.2) is 4.68 Å². The molecule has 0 amide bonds. The van der Waals surface area contributed by atoms with Crippen molar-refractivity contribution in [3.63, 3.8) is 0 Å². The van der Waals surface area contributed by atoms with Crippen molar-refractivity contribution in [2.24, 2.45) is 0 Å². The van der Waals surface area contributed by atoms with Gasteiger partial charge >= 0.3 is 0 Å². The predicted octanol–water partition coefficient (Wildman–Crippen LogP) is 2.86. The van der Waals surface area contributed by atoms with Crippen molar-refractivity contribution in [1.82, 2.24) is 19.7 Å². The van der Waals surface area contributed by atoms with Gasteiger partial charge in [0.2, 0.25) is 0 Å². The smallest absolute Gasteiger partial charge is 0.0828 e. The maximum absolute atomic E-state index is 4.73. The standard InChI is InChI=1S/C16H22N4/c1-13(2)19-9-5-14(6-10-19)16-7-11-20(18-16)15-4-3-8-17-12-15/h3-4,7-8,11-14H,5-6,9-10H2,1-2H3. The molecule has 0 aromatic carbocycles. The topological polar surface area (TPSA) is 34.0 Å². The van der Waals surface area contributed by atoms with Crippen molar-refractivity contribution >= 4 is 0 Å². The SMILES string of the molecule is CC(C)N1CCC(c2ccn(-c3cccnc3)n2)CC1. The van der Waals surface area contributed by atoms with E-state index in [2.05, 4.69) is 29.8 Å². The highest BCUT2D eigenvalue weighted by Crippen LogP contribution is 2.27. The van der Waals surface area contributed by atoms with Crippen LogP contribution in [0.1, 0.15) is 38.3 Å². The van der Waals surface area contributed by atoms with Crippen LogP contribution in [0, 0.1) is 0 Å². The maximum atomic E-state index is 4.73. The molecule has 2 aromatic heterocycles. The second-order valence-corrected chi connectivity index (χ2v) is 5.80. The normalized spacial score (nSPS) is 17.8. The molecule has 1 aliphatic rings. The molecule has 0 unspecified atom stereocenters. The third-order valence-corrected chi connectivity index (χ3v) is 4.20. The Morgan fingerprint density at radius 3 is 2.65 bits per heavy atom. The maximum Gasteiger partial charge on any atom is 0.0828 e. The van der Waals surface area contributed by atoms with Crippen LogP contribution < -0.4 is 0 Å². The summed E-state index contributed by atoms with van der Waals surface area (Å²) in [4.78, 5) is 6.69. The van der Waals surface area contributed by atoms with Crippen molar-refractivity contribution in [3.05, 3.63) is 42.5 Å². The lowest BCUT2D eigenvalue weighted by Gasteiger charge is -2.33. The van der Waals surface area contributed by atoms with E-state index in [4.69, 9.17) is 5.10 Å². The molecule has 1 fully saturated rings. The summed E-state index contributed by atoms with van der Waals surface area (Å²) in [5.41, 5.74) is 2.25. The lowest BCUT2D eigenvalue weighted by molar-refractivity contribution is 0.170. The third kappa shape index (κ3) is 2.75. The molecule has 4 nitrogen and oxygen atoms in total. The number of pyridine rings is 1. The molecular formula is C16H22N4. The van der Waals surface area contributed by atoms with Gasteiger partial charge in [0, 0.05) is 24.4 Å². The fraction of sp³-hybridized carbons (Fsp3) is 0.500. The summed E-state index contributed by atoms with van der Waals surface area (Å²) in [6, 6.07) is 6.79. The van der Waals surface area contributed by atoms with Gasteiger partial charge in [-0.3, -0.25) is 4.98 Å². The van der Waals surface area contributed by atoms with E-state index >= 15 is 0 Å². The third-order valence-electron chi connectivity index (χ3n) is 4.20. The first-order valence-electron chi connectivity index (χ1n) is 7.44. The van der Waals surface area contributed by atoms with E-state index in [0.29, 0.717) is 12.0 Å². The lowest BCUT2D eigenvalue weighted by Crippen LogP contribution is -2.37.